The van der Waals surface area contributed by atoms with Crippen LogP contribution in [0.25, 0.3) is 6.08 Å². The van der Waals surface area contributed by atoms with Crippen molar-refractivity contribution in [3.05, 3.63) is 39.9 Å². The number of quaternary nitrogens is 1. The predicted octanol–water partition coefficient (Wildman–Crippen LogP) is 0.921. The fraction of sp³-hybridized carbons (Fsp3) is 0.471. The predicted molar refractivity (Wildman–Crippen MR) is 99.8 cm³/mol. The molecule has 2 fully saturated rings. The van der Waals surface area contributed by atoms with Gasteiger partial charge in [-0.2, -0.15) is 0 Å². The molecule has 1 N–H and O–H groups in total. The van der Waals surface area contributed by atoms with Gasteiger partial charge in [-0.3, -0.25) is 4.79 Å². The minimum Gasteiger partial charge on any atom is -0.329 e. The summed E-state index contributed by atoms with van der Waals surface area (Å²) >= 11 is 12.1. The van der Waals surface area contributed by atoms with Crippen LogP contribution in [0.15, 0.2) is 24.3 Å². The SMILES string of the molecule is O=C(/C=C/c1cccc(Cl)c1Cl)N1CC[NH+]([C@H]2CCS(=O)(=O)C2)CC1. The second-order valence-electron chi connectivity index (χ2n) is 6.56. The molecule has 1 aromatic rings. The lowest BCUT2D eigenvalue weighted by molar-refractivity contribution is -0.925. The molecule has 25 heavy (non-hydrogen) atoms. The summed E-state index contributed by atoms with van der Waals surface area (Å²) in [6.45, 7) is 2.85. The number of halogens is 2. The number of amides is 1. The third kappa shape index (κ3) is 4.56. The van der Waals surface area contributed by atoms with Crippen LogP contribution in [0.2, 0.25) is 10.0 Å². The van der Waals surface area contributed by atoms with Crippen molar-refractivity contribution in [3.63, 3.8) is 0 Å². The summed E-state index contributed by atoms with van der Waals surface area (Å²) < 4.78 is 23.2. The van der Waals surface area contributed by atoms with Crippen LogP contribution in [-0.4, -0.2) is 63.0 Å². The lowest BCUT2D eigenvalue weighted by Gasteiger charge is -2.34. The van der Waals surface area contributed by atoms with E-state index in [-0.39, 0.29) is 17.7 Å². The summed E-state index contributed by atoms with van der Waals surface area (Å²) in [5.41, 5.74) is 0.711. The molecule has 1 amide bonds. The van der Waals surface area contributed by atoms with E-state index in [1.807, 2.05) is 0 Å². The zero-order valence-electron chi connectivity index (χ0n) is 13.7. The van der Waals surface area contributed by atoms with E-state index in [2.05, 4.69) is 0 Å². The second-order valence-corrected chi connectivity index (χ2v) is 9.57. The zero-order valence-corrected chi connectivity index (χ0v) is 16.1. The number of nitrogens with zero attached hydrogens (tertiary/aromatic N) is 1. The molecule has 5 nitrogen and oxygen atoms in total. The summed E-state index contributed by atoms with van der Waals surface area (Å²) in [6.07, 6.45) is 3.93. The van der Waals surface area contributed by atoms with Gasteiger partial charge in [0.15, 0.2) is 9.84 Å². The molecule has 0 spiro atoms. The Kier molecular flexibility index (Phi) is 5.73. The molecule has 3 rings (SSSR count). The Labute approximate surface area is 158 Å². The molecule has 8 heteroatoms. The Morgan fingerprint density at radius 2 is 1.96 bits per heavy atom. The maximum absolute atomic E-state index is 12.4. The number of hydrogen-bond acceptors (Lipinski definition) is 3. The van der Waals surface area contributed by atoms with Crippen LogP contribution in [-0.2, 0) is 14.6 Å². The van der Waals surface area contributed by atoms with Gasteiger partial charge in [-0.1, -0.05) is 35.3 Å². The zero-order chi connectivity index (χ0) is 18.0. The molecule has 2 aliphatic heterocycles. The highest BCUT2D eigenvalue weighted by Crippen LogP contribution is 2.26. The lowest BCUT2D eigenvalue weighted by Crippen LogP contribution is -3.18. The summed E-state index contributed by atoms with van der Waals surface area (Å²) in [5, 5.41) is 0.893. The van der Waals surface area contributed by atoms with Crippen molar-refractivity contribution in [2.24, 2.45) is 0 Å². The second kappa shape index (κ2) is 7.66. The molecule has 2 aliphatic rings. The van der Waals surface area contributed by atoms with Gasteiger partial charge in [0, 0.05) is 12.5 Å². The van der Waals surface area contributed by atoms with Gasteiger partial charge < -0.3 is 9.80 Å². The Bertz CT molecular complexity index is 787. The summed E-state index contributed by atoms with van der Waals surface area (Å²) in [6, 6.07) is 5.48. The number of carbonyl (C=O) groups excluding carboxylic acids is 1. The highest BCUT2D eigenvalue weighted by molar-refractivity contribution is 7.91. The molecule has 1 aromatic carbocycles. The highest BCUT2D eigenvalue weighted by Gasteiger charge is 2.37. The minimum atomic E-state index is -2.86. The summed E-state index contributed by atoms with van der Waals surface area (Å²) in [5.74, 6) is 0.519. The molecule has 2 saturated heterocycles. The Hall–Kier alpha value is -1.08. The number of hydrogen-bond donors (Lipinski definition) is 1. The third-order valence-electron chi connectivity index (χ3n) is 4.91. The maximum Gasteiger partial charge on any atom is 0.246 e. The molecule has 0 aliphatic carbocycles. The summed E-state index contributed by atoms with van der Waals surface area (Å²) in [4.78, 5) is 15.4. The van der Waals surface area contributed by atoms with Crippen molar-refractivity contribution < 1.29 is 18.1 Å². The molecular weight excluding hydrogens is 383 g/mol. The van der Waals surface area contributed by atoms with Crippen molar-refractivity contribution in [2.75, 3.05) is 37.7 Å². The van der Waals surface area contributed by atoms with Crippen molar-refractivity contribution >= 4 is 45.0 Å². The van der Waals surface area contributed by atoms with Gasteiger partial charge in [0.2, 0.25) is 5.91 Å². The first-order chi connectivity index (χ1) is 11.9. The number of carbonyl (C=O) groups is 1. The first-order valence-corrected chi connectivity index (χ1v) is 10.9. The maximum atomic E-state index is 12.4. The number of piperazine rings is 1. The van der Waals surface area contributed by atoms with Gasteiger partial charge >= 0.3 is 0 Å². The third-order valence-corrected chi connectivity index (χ3v) is 7.52. The van der Waals surface area contributed by atoms with Crippen LogP contribution in [0, 0.1) is 0 Å². The average molecular weight is 404 g/mol. The molecule has 0 aromatic heterocycles. The van der Waals surface area contributed by atoms with Gasteiger partial charge in [0.25, 0.3) is 0 Å². The van der Waals surface area contributed by atoms with Gasteiger partial charge in [-0.25, -0.2) is 8.42 Å². The van der Waals surface area contributed by atoms with E-state index in [1.165, 1.54) is 11.0 Å². The molecule has 0 unspecified atom stereocenters. The first kappa shape index (κ1) is 18.7. The van der Waals surface area contributed by atoms with E-state index in [0.29, 0.717) is 34.5 Å². The normalized spacial score (nSPS) is 24.1. The van der Waals surface area contributed by atoms with Gasteiger partial charge in [-0.05, 0) is 17.7 Å². The Morgan fingerprint density at radius 3 is 2.60 bits per heavy atom. The van der Waals surface area contributed by atoms with Crippen molar-refractivity contribution in [2.45, 2.75) is 12.5 Å². The average Bonchev–Trinajstić information content (AvgIpc) is 2.96. The van der Waals surface area contributed by atoms with E-state index in [0.717, 1.165) is 19.5 Å². The van der Waals surface area contributed by atoms with Crippen LogP contribution in [0.1, 0.15) is 12.0 Å². The van der Waals surface area contributed by atoms with E-state index in [1.54, 1.807) is 29.2 Å². The van der Waals surface area contributed by atoms with Crippen LogP contribution in [0.5, 0.6) is 0 Å². The standard InChI is InChI=1S/C17H20Cl2N2O3S/c18-15-3-1-2-13(17(15)19)4-5-16(22)21-9-7-20(8-10-21)14-6-11-25(23,24)12-14/h1-5,14H,6-12H2/p+1/b5-4+/t14-/m0/s1. The van der Waals surface area contributed by atoms with Crippen molar-refractivity contribution in [3.8, 4) is 0 Å². The fourth-order valence-electron chi connectivity index (χ4n) is 3.46. The van der Waals surface area contributed by atoms with E-state index >= 15 is 0 Å². The van der Waals surface area contributed by atoms with Crippen LogP contribution < -0.4 is 4.90 Å². The first-order valence-electron chi connectivity index (χ1n) is 8.32. The Balaban J connectivity index is 1.55. The van der Waals surface area contributed by atoms with Crippen LogP contribution in [0.3, 0.4) is 0 Å². The molecule has 0 radical (unpaired) electrons. The quantitative estimate of drug-likeness (QED) is 0.763. The molecular formula is C17H21Cl2N2O3S+. The molecule has 1 atom stereocenters. The van der Waals surface area contributed by atoms with E-state index < -0.39 is 9.84 Å². The number of nitrogens with one attached hydrogen (secondary N) is 1. The van der Waals surface area contributed by atoms with Gasteiger partial charge in [0.1, 0.15) is 11.8 Å². The van der Waals surface area contributed by atoms with Gasteiger partial charge in [0.05, 0.1) is 42.0 Å². The largest absolute Gasteiger partial charge is 0.329 e. The Morgan fingerprint density at radius 1 is 1.24 bits per heavy atom. The van der Waals surface area contributed by atoms with Crippen LogP contribution >= 0.6 is 23.2 Å². The van der Waals surface area contributed by atoms with E-state index in [9.17, 15) is 13.2 Å². The number of benzene rings is 1. The topological polar surface area (TPSA) is 58.9 Å². The smallest absolute Gasteiger partial charge is 0.246 e. The molecule has 136 valence electrons. The van der Waals surface area contributed by atoms with Crippen molar-refractivity contribution in [1.82, 2.24) is 4.90 Å². The minimum absolute atomic E-state index is 0.0610. The lowest BCUT2D eigenvalue weighted by atomic mass is 10.2. The number of rotatable bonds is 3. The van der Waals surface area contributed by atoms with Gasteiger partial charge in [-0.15, -0.1) is 0 Å². The number of sulfone groups is 1. The van der Waals surface area contributed by atoms with Crippen molar-refractivity contribution in [1.29, 1.82) is 0 Å². The molecule has 0 bridgehead atoms. The highest BCUT2D eigenvalue weighted by atomic mass is 35.5. The molecule has 0 saturated carbocycles. The molecule has 2 heterocycles. The summed E-state index contributed by atoms with van der Waals surface area (Å²) in [7, 11) is -2.86. The van der Waals surface area contributed by atoms with Crippen LogP contribution in [0.4, 0.5) is 0 Å². The van der Waals surface area contributed by atoms with E-state index in [4.69, 9.17) is 23.2 Å². The fourth-order valence-corrected chi connectivity index (χ4v) is 5.65. The monoisotopic (exact) mass is 403 g/mol.